The van der Waals surface area contributed by atoms with Gasteiger partial charge >= 0.3 is 0 Å². The standard InChI is InChI=1S/C5H3Br2FN2/c6-4-2(8)1-3(9)5(7)10-4/h1H,9H2. The highest BCUT2D eigenvalue weighted by atomic mass is 79.9. The van der Waals surface area contributed by atoms with Crippen molar-refractivity contribution in [1.82, 2.24) is 4.98 Å². The summed E-state index contributed by atoms with van der Waals surface area (Å²) in [5, 5.41) is 0. The van der Waals surface area contributed by atoms with Crippen molar-refractivity contribution >= 4 is 37.5 Å². The van der Waals surface area contributed by atoms with E-state index in [0.29, 0.717) is 10.3 Å². The van der Waals surface area contributed by atoms with E-state index < -0.39 is 5.82 Å². The van der Waals surface area contributed by atoms with Crippen molar-refractivity contribution in [3.63, 3.8) is 0 Å². The van der Waals surface area contributed by atoms with Crippen LogP contribution in [0.4, 0.5) is 10.1 Å². The molecule has 10 heavy (non-hydrogen) atoms. The van der Waals surface area contributed by atoms with Gasteiger partial charge in [-0.05, 0) is 31.9 Å². The lowest BCUT2D eigenvalue weighted by Gasteiger charge is -1.97. The number of nitrogens with two attached hydrogens (primary N) is 1. The molecular formula is C5H3Br2FN2. The van der Waals surface area contributed by atoms with Crippen LogP contribution in [0.3, 0.4) is 0 Å². The monoisotopic (exact) mass is 268 g/mol. The van der Waals surface area contributed by atoms with Crippen molar-refractivity contribution in [1.29, 1.82) is 0 Å². The molecule has 0 aromatic carbocycles. The van der Waals surface area contributed by atoms with Crippen LogP contribution in [0.15, 0.2) is 15.3 Å². The van der Waals surface area contributed by atoms with E-state index >= 15 is 0 Å². The zero-order valence-corrected chi connectivity index (χ0v) is 7.91. The van der Waals surface area contributed by atoms with Gasteiger partial charge in [-0.25, -0.2) is 9.37 Å². The van der Waals surface area contributed by atoms with Crippen LogP contribution in [0.5, 0.6) is 0 Å². The van der Waals surface area contributed by atoms with Gasteiger partial charge in [-0.15, -0.1) is 0 Å². The van der Waals surface area contributed by atoms with E-state index in [-0.39, 0.29) is 4.60 Å². The van der Waals surface area contributed by atoms with Crippen LogP contribution in [0.2, 0.25) is 0 Å². The second-order valence-electron chi connectivity index (χ2n) is 1.64. The highest BCUT2D eigenvalue weighted by Gasteiger charge is 2.03. The predicted octanol–water partition coefficient (Wildman–Crippen LogP) is 2.33. The molecule has 1 rings (SSSR count). The minimum absolute atomic E-state index is 0.161. The molecule has 0 bridgehead atoms. The normalized spacial score (nSPS) is 9.90. The molecule has 5 heteroatoms. The SMILES string of the molecule is Nc1cc(F)c(Br)nc1Br. The molecular weight excluding hydrogens is 267 g/mol. The van der Waals surface area contributed by atoms with Crippen molar-refractivity contribution in [2.24, 2.45) is 0 Å². The van der Waals surface area contributed by atoms with Gasteiger partial charge in [0.1, 0.15) is 9.21 Å². The van der Waals surface area contributed by atoms with Gasteiger partial charge in [0.15, 0.2) is 5.82 Å². The van der Waals surface area contributed by atoms with Gasteiger partial charge in [-0.2, -0.15) is 0 Å². The van der Waals surface area contributed by atoms with E-state index in [1.54, 1.807) is 0 Å². The second kappa shape index (κ2) is 2.84. The summed E-state index contributed by atoms with van der Waals surface area (Å²) in [4.78, 5) is 3.71. The zero-order chi connectivity index (χ0) is 7.72. The van der Waals surface area contributed by atoms with Crippen LogP contribution in [0.25, 0.3) is 0 Å². The van der Waals surface area contributed by atoms with Crippen molar-refractivity contribution < 1.29 is 4.39 Å². The van der Waals surface area contributed by atoms with Gasteiger partial charge < -0.3 is 5.73 Å². The third-order valence-corrected chi connectivity index (χ3v) is 2.11. The van der Waals surface area contributed by atoms with Gasteiger partial charge in [-0.3, -0.25) is 0 Å². The molecule has 1 aromatic heterocycles. The van der Waals surface area contributed by atoms with Gasteiger partial charge in [0.05, 0.1) is 5.69 Å². The lowest BCUT2D eigenvalue weighted by Crippen LogP contribution is -1.92. The maximum absolute atomic E-state index is 12.5. The Kier molecular flexibility index (Phi) is 2.25. The Morgan fingerprint density at radius 2 is 2.00 bits per heavy atom. The summed E-state index contributed by atoms with van der Waals surface area (Å²) in [6, 6.07) is 1.20. The molecule has 0 saturated heterocycles. The first-order chi connectivity index (χ1) is 4.61. The Morgan fingerprint density at radius 3 is 2.50 bits per heavy atom. The number of anilines is 1. The molecule has 54 valence electrons. The lowest BCUT2D eigenvalue weighted by atomic mass is 10.4. The van der Waals surface area contributed by atoms with E-state index in [9.17, 15) is 4.39 Å². The summed E-state index contributed by atoms with van der Waals surface area (Å²) >= 11 is 5.96. The average molecular weight is 270 g/mol. The second-order valence-corrected chi connectivity index (χ2v) is 3.14. The largest absolute Gasteiger partial charge is 0.396 e. The van der Waals surface area contributed by atoms with Crippen molar-refractivity contribution in [3.8, 4) is 0 Å². The fourth-order valence-corrected chi connectivity index (χ4v) is 1.28. The number of nitrogen functional groups attached to an aromatic ring is 1. The van der Waals surface area contributed by atoms with Crippen LogP contribution in [-0.4, -0.2) is 4.98 Å². The number of nitrogens with zero attached hydrogens (tertiary/aromatic N) is 1. The topological polar surface area (TPSA) is 38.9 Å². The molecule has 0 spiro atoms. The minimum Gasteiger partial charge on any atom is -0.396 e. The zero-order valence-electron chi connectivity index (χ0n) is 4.74. The van der Waals surface area contributed by atoms with Crippen LogP contribution in [-0.2, 0) is 0 Å². The quantitative estimate of drug-likeness (QED) is 0.735. The van der Waals surface area contributed by atoms with E-state index in [2.05, 4.69) is 36.8 Å². The smallest absolute Gasteiger partial charge is 0.158 e. The molecule has 1 heterocycles. The Morgan fingerprint density at radius 1 is 1.40 bits per heavy atom. The summed E-state index contributed by atoms with van der Waals surface area (Å²) in [5.41, 5.74) is 5.61. The maximum Gasteiger partial charge on any atom is 0.158 e. The first-order valence-corrected chi connectivity index (χ1v) is 3.97. The van der Waals surface area contributed by atoms with E-state index in [4.69, 9.17) is 5.73 Å². The molecule has 0 amide bonds. The summed E-state index contributed by atoms with van der Waals surface area (Å²) in [6.45, 7) is 0. The number of hydrogen-bond donors (Lipinski definition) is 1. The van der Waals surface area contributed by atoms with Gasteiger partial charge in [-0.1, -0.05) is 0 Å². The molecule has 0 fully saturated rings. The van der Waals surface area contributed by atoms with E-state index in [0.717, 1.165) is 0 Å². The highest BCUT2D eigenvalue weighted by Crippen LogP contribution is 2.22. The van der Waals surface area contributed by atoms with Crippen LogP contribution in [0, 0.1) is 5.82 Å². The predicted molar refractivity (Wildman–Crippen MR) is 44.0 cm³/mol. The summed E-state index contributed by atoms with van der Waals surface area (Å²) in [5.74, 6) is -0.458. The number of aromatic nitrogens is 1. The molecule has 2 N–H and O–H groups in total. The summed E-state index contributed by atoms with van der Waals surface area (Å²) in [7, 11) is 0. The van der Waals surface area contributed by atoms with Crippen LogP contribution >= 0.6 is 31.9 Å². The summed E-state index contributed by atoms with van der Waals surface area (Å²) < 4.78 is 13.2. The van der Waals surface area contributed by atoms with Gasteiger partial charge in [0, 0.05) is 6.07 Å². The van der Waals surface area contributed by atoms with Crippen LogP contribution < -0.4 is 5.73 Å². The summed E-state index contributed by atoms with van der Waals surface area (Å²) in [6.07, 6.45) is 0. The molecule has 0 saturated carbocycles. The number of hydrogen-bond acceptors (Lipinski definition) is 2. The third kappa shape index (κ3) is 1.46. The fraction of sp³-hybridized carbons (Fsp3) is 0. The number of halogens is 3. The molecule has 1 aromatic rings. The van der Waals surface area contributed by atoms with Gasteiger partial charge in [0.2, 0.25) is 0 Å². The third-order valence-electron chi connectivity index (χ3n) is 0.914. The Bertz CT molecular complexity index is 214. The highest BCUT2D eigenvalue weighted by molar-refractivity contribution is 9.11. The van der Waals surface area contributed by atoms with Crippen molar-refractivity contribution in [3.05, 3.63) is 21.1 Å². The van der Waals surface area contributed by atoms with Crippen molar-refractivity contribution in [2.45, 2.75) is 0 Å². The van der Waals surface area contributed by atoms with E-state index in [1.165, 1.54) is 6.07 Å². The molecule has 0 aliphatic carbocycles. The Balaban J connectivity index is 3.28. The molecule has 0 radical (unpaired) electrons. The van der Waals surface area contributed by atoms with Crippen LogP contribution in [0.1, 0.15) is 0 Å². The first kappa shape index (κ1) is 7.94. The number of pyridine rings is 1. The Hall–Kier alpha value is -0.160. The average Bonchev–Trinajstić information content (AvgIpc) is 1.84. The maximum atomic E-state index is 12.5. The van der Waals surface area contributed by atoms with Gasteiger partial charge in [0.25, 0.3) is 0 Å². The Labute approximate surface area is 73.9 Å². The molecule has 0 aliphatic heterocycles. The molecule has 0 atom stereocenters. The fourth-order valence-electron chi connectivity index (χ4n) is 0.460. The van der Waals surface area contributed by atoms with Crippen molar-refractivity contribution in [2.75, 3.05) is 5.73 Å². The van der Waals surface area contributed by atoms with E-state index in [1.807, 2.05) is 0 Å². The number of rotatable bonds is 0. The first-order valence-electron chi connectivity index (χ1n) is 2.38. The molecule has 2 nitrogen and oxygen atoms in total. The molecule has 0 aliphatic rings. The lowest BCUT2D eigenvalue weighted by molar-refractivity contribution is 0.613. The minimum atomic E-state index is -0.458. The molecule has 0 unspecified atom stereocenters.